The molecule has 2 unspecified atom stereocenters. The van der Waals surface area contributed by atoms with E-state index in [4.69, 9.17) is 4.74 Å². The minimum absolute atomic E-state index is 0.0244. The van der Waals surface area contributed by atoms with Crippen molar-refractivity contribution < 1.29 is 9.66 Å². The molecule has 1 saturated heterocycles. The van der Waals surface area contributed by atoms with Gasteiger partial charge < -0.3 is 13.9 Å². The zero-order chi connectivity index (χ0) is 17.4. The molecule has 1 aromatic rings. The van der Waals surface area contributed by atoms with E-state index in [1.807, 2.05) is 0 Å². The van der Waals surface area contributed by atoms with Crippen molar-refractivity contribution in [3.63, 3.8) is 0 Å². The first-order chi connectivity index (χ1) is 11.4. The van der Waals surface area contributed by atoms with Crippen LogP contribution in [0.3, 0.4) is 0 Å². The smallest absolute Gasteiger partial charge is 0.316 e. The maximum absolute atomic E-state index is 12.0. The molecule has 2 heterocycles. The zero-order valence-corrected chi connectivity index (χ0v) is 13.5. The summed E-state index contributed by atoms with van der Waals surface area (Å²) in [5.41, 5.74) is -1.14. The molecule has 0 bridgehead atoms. The van der Waals surface area contributed by atoms with Crippen LogP contribution in [-0.2, 0) is 18.8 Å². The van der Waals surface area contributed by atoms with Crippen molar-refractivity contribution in [1.82, 2.24) is 9.13 Å². The van der Waals surface area contributed by atoms with Gasteiger partial charge in [-0.3, -0.25) is 24.7 Å². The third-order valence-corrected chi connectivity index (χ3v) is 4.41. The van der Waals surface area contributed by atoms with Crippen molar-refractivity contribution in [3.8, 4) is 0 Å². The number of fused-ring (bicyclic) bond motifs is 1. The first kappa shape index (κ1) is 16.3. The third kappa shape index (κ3) is 2.71. The zero-order valence-electron chi connectivity index (χ0n) is 13.5. The van der Waals surface area contributed by atoms with E-state index < -0.39 is 22.1 Å². The van der Waals surface area contributed by atoms with E-state index in [0.29, 0.717) is 23.8 Å². The molecule has 24 heavy (non-hydrogen) atoms. The van der Waals surface area contributed by atoms with E-state index in [-0.39, 0.29) is 11.8 Å². The quantitative estimate of drug-likeness (QED) is 0.358. The lowest BCUT2D eigenvalue weighted by molar-refractivity contribution is -0.485. The molecule has 1 aliphatic heterocycles. The highest BCUT2D eigenvalue weighted by Crippen LogP contribution is 2.13. The molecular formula is C15H18N4O5. The predicted octanol–water partition coefficient (Wildman–Crippen LogP) is -2.08. The summed E-state index contributed by atoms with van der Waals surface area (Å²) in [7, 11) is 2.90. The molecule has 0 aromatic carbocycles. The molecule has 128 valence electrons. The molecule has 1 aliphatic carbocycles. The fraction of sp³-hybridized carbons (Fsp3) is 0.533. The van der Waals surface area contributed by atoms with Gasteiger partial charge in [-0.25, -0.2) is 0 Å². The van der Waals surface area contributed by atoms with Crippen LogP contribution < -0.4 is 21.8 Å². The summed E-state index contributed by atoms with van der Waals surface area (Å²) in [5, 5.41) is 12.2. The summed E-state index contributed by atoms with van der Waals surface area (Å²) in [6.07, 6.45) is 4.70. The summed E-state index contributed by atoms with van der Waals surface area (Å²) in [6.45, 7) is 1.03. The fourth-order valence-electron chi connectivity index (χ4n) is 2.98. The molecule has 0 radical (unpaired) electrons. The summed E-state index contributed by atoms with van der Waals surface area (Å²) in [6, 6.07) is -1.15. The van der Waals surface area contributed by atoms with Crippen LogP contribution in [0.2, 0.25) is 0 Å². The highest BCUT2D eigenvalue weighted by molar-refractivity contribution is 6.16. The molecule has 9 heteroatoms. The van der Waals surface area contributed by atoms with Crippen LogP contribution in [0.4, 0.5) is 0 Å². The van der Waals surface area contributed by atoms with Gasteiger partial charge >= 0.3 is 11.1 Å². The number of nitrogens with zero attached hydrogens (tertiary/aromatic N) is 4. The Hall–Kier alpha value is -2.55. The number of hydrogen-bond donors (Lipinski definition) is 0. The number of ether oxygens (including phenoxy) is 1. The first-order valence-electron chi connectivity index (χ1n) is 7.69. The minimum Gasteiger partial charge on any atom is -0.376 e. The molecule has 3 rings (SSSR count). The Kier molecular flexibility index (Phi) is 4.18. The lowest BCUT2D eigenvalue weighted by Gasteiger charge is -2.14. The van der Waals surface area contributed by atoms with Gasteiger partial charge in [-0.1, -0.05) is 0 Å². The third-order valence-electron chi connectivity index (χ3n) is 4.41. The Morgan fingerprint density at radius 3 is 2.54 bits per heavy atom. The summed E-state index contributed by atoms with van der Waals surface area (Å²) in [4.78, 5) is 39.2. The molecule has 0 saturated carbocycles. The Labute approximate surface area is 136 Å². The maximum Gasteiger partial charge on any atom is 0.316 e. The average Bonchev–Trinajstić information content (AvgIpc) is 3.08. The normalized spacial score (nSPS) is 24.3. The predicted molar refractivity (Wildman–Crippen MR) is 87.2 cm³/mol. The van der Waals surface area contributed by atoms with Crippen LogP contribution in [-0.4, -0.2) is 45.1 Å². The van der Waals surface area contributed by atoms with E-state index in [2.05, 4.69) is 4.99 Å². The lowest BCUT2D eigenvalue weighted by Crippen LogP contribution is -2.59. The molecule has 2 aliphatic rings. The molecule has 1 fully saturated rings. The Bertz CT molecular complexity index is 950. The van der Waals surface area contributed by atoms with Gasteiger partial charge in [0, 0.05) is 31.7 Å². The Morgan fingerprint density at radius 1 is 1.29 bits per heavy atom. The van der Waals surface area contributed by atoms with E-state index in [9.17, 15) is 19.7 Å². The van der Waals surface area contributed by atoms with Crippen molar-refractivity contribution in [3.05, 3.63) is 41.5 Å². The van der Waals surface area contributed by atoms with Crippen molar-refractivity contribution in [2.75, 3.05) is 13.2 Å². The molecule has 2 atom stereocenters. The molecule has 0 amide bonds. The van der Waals surface area contributed by atoms with E-state index in [1.165, 1.54) is 30.8 Å². The van der Waals surface area contributed by atoms with Crippen LogP contribution in [0.25, 0.3) is 12.2 Å². The largest absolute Gasteiger partial charge is 0.376 e. The SMILES string of the molecule is Cn1c(=O)c(=O)n(C)c2c1=CC(=NCC1CCCO1)C([N+](=O)[O-])C=2. The van der Waals surface area contributed by atoms with Crippen molar-refractivity contribution in [2.24, 2.45) is 19.1 Å². The molecule has 1 aromatic heterocycles. The van der Waals surface area contributed by atoms with E-state index in [0.717, 1.165) is 17.4 Å². The molecule has 0 spiro atoms. The Balaban J connectivity index is 2.17. The van der Waals surface area contributed by atoms with Gasteiger partial charge in [-0.05, 0) is 18.9 Å². The summed E-state index contributed by atoms with van der Waals surface area (Å²) < 4.78 is 7.83. The average molecular weight is 334 g/mol. The van der Waals surface area contributed by atoms with E-state index >= 15 is 0 Å². The Morgan fingerprint density at radius 2 is 1.96 bits per heavy atom. The van der Waals surface area contributed by atoms with Crippen molar-refractivity contribution >= 4 is 17.9 Å². The van der Waals surface area contributed by atoms with Crippen LogP contribution in [0, 0.1) is 10.1 Å². The highest BCUT2D eigenvalue weighted by Gasteiger charge is 2.28. The fourth-order valence-corrected chi connectivity index (χ4v) is 2.98. The number of aliphatic imine (C=N–C) groups is 1. The van der Waals surface area contributed by atoms with Crippen LogP contribution in [0.5, 0.6) is 0 Å². The summed E-state index contributed by atoms with van der Waals surface area (Å²) >= 11 is 0. The molecule has 0 N–H and O–H groups in total. The standard InChI is InChI=1S/C15H18N4O5/c1-17-12-6-10(16-8-9-4-3-5-24-9)11(19(22)23)7-13(12)18(2)15(21)14(17)20/h6-7,9,11H,3-5,8H2,1-2H3. The van der Waals surface area contributed by atoms with Crippen molar-refractivity contribution in [2.45, 2.75) is 25.0 Å². The second kappa shape index (κ2) is 6.16. The second-order valence-corrected chi connectivity index (χ2v) is 5.94. The van der Waals surface area contributed by atoms with Gasteiger partial charge in [-0.2, -0.15) is 0 Å². The second-order valence-electron chi connectivity index (χ2n) is 5.94. The number of aromatic nitrogens is 2. The van der Waals surface area contributed by atoms with Gasteiger partial charge in [0.1, 0.15) is 5.71 Å². The summed E-state index contributed by atoms with van der Waals surface area (Å²) in [5.74, 6) is 0. The van der Waals surface area contributed by atoms with Gasteiger partial charge in [0.2, 0.25) is 0 Å². The van der Waals surface area contributed by atoms with E-state index in [1.54, 1.807) is 0 Å². The van der Waals surface area contributed by atoms with Crippen LogP contribution in [0.1, 0.15) is 12.8 Å². The van der Waals surface area contributed by atoms with Crippen molar-refractivity contribution in [1.29, 1.82) is 0 Å². The van der Waals surface area contributed by atoms with Gasteiger partial charge in [0.05, 0.1) is 23.3 Å². The highest BCUT2D eigenvalue weighted by atomic mass is 16.6. The van der Waals surface area contributed by atoms with Crippen LogP contribution >= 0.6 is 0 Å². The lowest BCUT2D eigenvalue weighted by atomic mass is 10.1. The van der Waals surface area contributed by atoms with Gasteiger partial charge in [0.25, 0.3) is 6.04 Å². The topological polar surface area (TPSA) is 109 Å². The number of rotatable bonds is 3. The van der Waals surface area contributed by atoms with Gasteiger partial charge in [-0.15, -0.1) is 0 Å². The minimum atomic E-state index is -1.15. The number of hydrogen-bond acceptors (Lipinski definition) is 6. The molecule has 9 nitrogen and oxygen atoms in total. The maximum atomic E-state index is 12.0. The van der Waals surface area contributed by atoms with Gasteiger partial charge in [0.15, 0.2) is 0 Å². The monoisotopic (exact) mass is 334 g/mol. The van der Waals surface area contributed by atoms with Crippen LogP contribution in [0.15, 0.2) is 14.6 Å². The first-order valence-corrected chi connectivity index (χ1v) is 7.69. The number of nitro groups is 1. The molecular weight excluding hydrogens is 316 g/mol.